The van der Waals surface area contributed by atoms with Crippen LogP contribution >= 0.6 is 0 Å². The Morgan fingerprint density at radius 3 is 2.38 bits per heavy atom. The van der Waals surface area contributed by atoms with E-state index in [9.17, 15) is 14.0 Å². The third kappa shape index (κ3) is 4.64. The molecule has 1 heterocycles. The molecule has 0 bridgehead atoms. The van der Waals surface area contributed by atoms with E-state index in [1.165, 1.54) is 12.1 Å². The van der Waals surface area contributed by atoms with E-state index in [0.29, 0.717) is 18.7 Å². The molecule has 0 aromatic heterocycles. The van der Waals surface area contributed by atoms with Crippen LogP contribution < -0.4 is 15.0 Å². The van der Waals surface area contributed by atoms with Gasteiger partial charge in [0.1, 0.15) is 11.6 Å². The Balaban J connectivity index is 1.63. The van der Waals surface area contributed by atoms with E-state index >= 15 is 0 Å². The van der Waals surface area contributed by atoms with Crippen LogP contribution in [0.5, 0.6) is 5.75 Å². The molecule has 32 heavy (non-hydrogen) atoms. The van der Waals surface area contributed by atoms with Crippen molar-refractivity contribution in [3.8, 4) is 5.75 Å². The van der Waals surface area contributed by atoms with Gasteiger partial charge in [0.15, 0.2) is 0 Å². The number of nitrogens with one attached hydrogen (secondary N) is 1. The molecule has 0 saturated carbocycles. The van der Waals surface area contributed by atoms with Crippen LogP contribution in [0, 0.1) is 11.7 Å². The fourth-order valence-corrected chi connectivity index (χ4v) is 4.17. The molecule has 2 atom stereocenters. The Bertz CT molecular complexity index is 1070. The topological polar surface area (TPSA) is 58.6 Å². The number of nitrogens with zero attached hydrogens (tertiary/aromatic N) is 1. The van der Waals surface area contributed by atoms with Crippen molar-refractivity contribution in [2.75, 3.05) is 12.0 Å². The van der Waals surface area contributed by atoms with Crippen LogP contribution in [0.1, 0.15) is 30.0 Å². The lowest BCUT2D eigenvalue weighted by Crippen LogP contribution is -2.48. The second-order valence-electron chi connectivity index (χ2n) is 7.81. The first-order chi connectivity index (χ1) is 15.6. The molecule has 1 saturated heterocycles. The Hall–Kier alpha value is -3.67. The summed E-state index contributed by atoms with van der Waals surface area (Å²) in [7, 11) is 1.59. The number of carbonyl (C=O) groups excluding carboxylic acids is 2. The summed E-state index contributed by atoms with van der Waals surface area (Å²) in [5.41, 5.74) is 2.44. The van der Waals surface area contributed by atoms with Crippen LogP contribution in [0.15, 0.2) is 78.9 Å². The maximum atomic E-state index is 13.3. The smallest absolute Gasteiger partial charge is 0.227 e. The molecular formula is C26H25FN2O3. The largest absolute Gasteiger partial charge is 0.497 e. The Morgan fingerprint density at radius 1 is 1.03 bits per heavy atom. The highest BCUT2D eigenvalue weighted by Gasteiger charge is 2.41. The predicted octanol–water partition coefficient (Wildman–Crippen LogP) is 4.64. The molecule has 4 rings (SSSR count). The van der Waals surface area contributed by atoms with Gasteiger partial charge in [0.25, 0.3) is 0 Å². The van der Waals surface area contributed by atoms with Gasteiger partial charge in [-0.05, 0) is 53.9 Å². The highest BCUT2D eigenvalue weighted by Crippen LogP contribution is 2.40. The molecular weight excluding hydrogens is 407 g/mol. The van der Waals surface area contributed by atoms with Crippen LogP contribution in [-0.4, -0.2) is 18.9 Å². The Morgan fingerprint density at radius 2 is 1.72 bits per heavy atom. The number of methoxy groups -OCH3 is 1. The number of hydrogen-bond donors (Lipinski definition) is 1. The van der Waals surface area contributed by atoms with Gasteiger partial charge >= 0.3 is 0 Å². The summed E-state index contributed by atoms with van der Waals surface area (Å²) in [6.45, 7) is 0.299. The lowest BCUT2D eigenvalue weighted by molar-refractivity contribution is -0.129. The normalized spacial score (nSPS) is 18.3. The maximum absolute atomic E-state index is 13.3. The number of benzene rings is 3. The van der Waals surface area contributed by atoms with Gasteiger partial charge in [0.05, 0.1) is 19.1 Å². The van der Waals surface area contributed by atoms with Gasteiger partial charge in [0.2, 0.25) is 11.8 Å². The third-order valence-corrected chi connectivity index (χ3v) is 5.81. The van der Waals surface area contributed by atoms with Gasteiger partial charge in [-0.25, -0.2) is 4.39 Å². The number of carbonyl (C=O) groups is 2. The molecule has 2 unspecified atom stereocenters. The van der Waals surface area contributed by atoms with Crippen LogP contribution in [0.25, 0.3) is 0 Å². The SMILES string of the molecule is COc1ccc(N2C(=O)CCC(C(=O)NCc3ccc(F)cc3)C2c2ccccc2)cc1. The second-order valence-corrected chi connectivity index (χ2v) is 7.81. The summed E-state index contributed by atoms with van der Waals surface area (Å²) in [4.78, 5) is 28.0. The highest BCUT2D eigenvalue weighted by molar-refractivity contribution is 5.97. The van der Waals surface area contributed by atoms with E-state index in [4.69, 9.17) is 4.74 Å². The van der Waals surface area contributed by atoms with E-state index in [0.717, 1.165) is 16.8 Å². The van der Waals surface area contributed by atoms with Gasteiger partial charge < -0.3 is 15.0 Å². The highest BCUT2D eigenvalue weighted by atomic mass is 19.1. The molecule has 1 fully saturated rings. The first-order valence-electron chi connectivity index (χ1n) is 10.6. The molecule has 164 valence electrons. The maximum Gasteiger partial charge on any atom is 0.227 e. The molecule has 1 aliphatic heterocycles. The monoisotopic (exact) mass is 432 g/mol. The lowest BCUT2D eigenvalue weighted by Gasteiger charge is -2.41. The summed E-state index contributed by atoms with van der Waals surface area (Å²) in [6, 6.07) is 22.5. The first-order valence-corrected chi connectivity index (χ1v) is 10.6. The summed E-state index contributed by atoms with van der Waals surface area (Å²) in [5, 5.41) is 2.97. The minimum atomic E-state index is -0.431. The van der Waals surface area contributed by atoms with E-state index in [1.54, 1.807) is 24.1 Å². The molecule has 3 aromatic rings. The minimum absolute atomic E-state index is 0.0217. The van der Waals surface area contributed by atoms with Crippen LogP contribution in [0.2, 0.25) is 0 Å². The van der Waals surface area contributed by atoms with Crippen LogP contribution in [0.3, 0.4) is 0 Å². The average Bonchev–Trinajstić information content (AvgIpc) is 2.84. The number of ether oxygens (including phenoxy) is 1. The van der Waals surface area contributed by atoms with Gasteiger partial charge in [0, 0.05) is 18.7 Å². The van der Waals surface area contributed by atoms with Gasteiger partial charge in [-0.2, -0.15) is 0 Å². The molecule has 1 aliphatic rings. The number of anilines is 1. The van der Waals surface area contributed by atoms with Crippen LogP contribution in [0.4, 0.5) is 10.1 Å². The molecule has 5 nitrogen and oxygen atoms in total. The van der Waals surface area contributed by atoms with Crippen molar-refractivity contribution in [1.82, 2.24) is 5.32 Å². The molecule has 3 aromatic carbocycles. The number of amides is 2. The summed E-state index contributed by atoms with van der Waals surface area (Å²) < 4.78 is 18.4. The van der Waals surface area contributed by atoms with E-state index in [-0.39, 0.29) is 24.1 Å². The number of rotatable bonds is 6. The fraction of sp³-hybridized carbons (Fsp3) is 0.231. The zero-order chi connectivity index (χ0) is 22.5. The van der Waals surface area contributed by atoms with Crippen molar-refractivity contribution in [2.24, 2.45) is 5.92 Å². The molecule has 0 radical (unpaired) electrons. The molecule has 6 heteroatoms. The average molecular weight is 432 g/mol. The molecule has 1 N–H and O–H groups in total. The molecule has 0 aliphatic carbocycles. The molecule has 0 spiro atoms. The van der Waals surface area contributed by atoms with E-state index in [2.05, 4.69) is 5.32 Å². The predicted molar refractivity (Wildman–Crippen MR) is 121 cm³/mol. The second kappa shape index (κ2) is 9.64. The van der Waals surface area contributed by atoms with E-state index < -0.39 is 12.0 Å². The fourth-order valence-electron chi connectivity index (χ4n) is 4.17. The zero-order valence-corrected chi connectivity index (χ0v) is 17.8. The Labute approximate surface area is 186 Å². The van der Waals surface area contributed by atoms with Crippen molar-refractivity contribution in [1.29, 1.82) is 0 Å². The van der Waals surface area contributed by atoms with Crippen molar-refractivity contribution in [3.05, 3.63) is 95.8 Å². The van der Waals surface area contributed by atoms with Crippen LogP contribution in [-0.2, 0) is 16.1 Å². The third-order valence-electron chi connectivity index (χ3n) is 5.81. The number of halogens is 1. The zero-order valence-electron chi connectivity index (χ0n) is 17.8. The number of hydrogen-bond acceptors (Lipinski definition) is 3. The quantitative estimate of drug-likeness (QED) is 0.618. The minimum Gasteiger partial charge on any atom is -0.497 e. The standard InChI is InChI=1S/C26H25FN2O3/c1-32-22-13-11-21(12-14-22)29-24(30)16-15-23(25(29)19-5-3-2-4-6-19)26(31)28-17-18-7-9-20(27)10-8-18/h2-14,23,25H,15-17H2,1H3,(H,28,31). The summed E-state index contributed by atoms with van der Waals surface area (Å²) >= 11 is 0. The van der Waals surface area contributed by atoms with Crippen molar-refractivity contribution in [3.63, 3.8) is 0 Å². The van der Waals surface area contributed by atoms with Crippen molar-refractivity contribution in [2.45, 2.75) is 25.4 Å². The van der Waals surface area contributed by atoms with Crippen molar-refractivity contribution >= 4 is 17.5 Å². The molecule has 2 amide bonds. The van der Waals surface area contributed by atoms with Gasteiger partial charge in [-0.1, -0.05) is 42.5 Å². The van der Waals surface area contributed by atoms with Crippen molar-refractivity contribution < 1.29 is 18.7 Å². The van der Waals surface area contributed by atoms with E-state index in [1.807, 2.05) is 54.6 Å². The Kier molecular flexibility index (Phi) is 6.50. The lowest BCUT2D eigenvalue weighted by atomic mass is 9.83. The van der Waals surface area contributed by atoms with Gasteiger partial charge in [-0.15, -0.1) is 0 Å². The van der Waals surface area contributed by atoms with Gasteiger partial charge in [-0.3, -0.25) is 9.59 Å². The summed E-state index contributed by atoms with van der Waals surface area (Å²) in [5.74, 6) is -0.188. The summed E-state index contributed by atoms with van der Waals surface area (Å²) in [6.07, 6.45) is 0.740. The number of piperidine rings is 1. The first kappa shape index (κ1) is 21.6.